The summed E-state index contributed by atoms with van der Waals surface area (Å²) >= 11 is 2.01. The van der Waals surface area contributed by atoms with Gasteiger partial charge >= 0.3 is 0 Å². The maximum absolute atomic E-state index is 13.4. The van der Waals surface area contributed by atoms with E-state index in [0.29, 0.717) is 11.5 Å². The Kier molecular flexibility index (Phi) is 2.72. The van der Waals surface area contributed by atoms with Crippen LogP contribution in [0.25, 0.3) is 11.3 Å². The lowest BCUT2D eigenvalue weighted by Crippen LogP contribution is -1.88. The highest BCUT2D eigenvalue weighted by Gasteiger charge is 2.15. The third-order valence-electron chi connectivity index (χ3n) is 1.98. The van der Waals surface area contributed by atoms with Crippen LogP contribution in [-0.4, -0.2) is 5.16 Å². The lowest BCUT2D eigenvalue weighted by atomic mass is 10.1. The smallest absolute Gasteiger partial charge is 0.147 e. The minimum atomic E-state index is -0.638. The van der Waals surface area contributed by atoms with Gasteiger partial charge in [-0.15, -0.1) is 0 Å². The van der Waals surface area contributed by atoms with Crippen molar-refractivity contribution in [3.63, 3.8) is 0 Å². The summed E-state index contributed by atoms with van der Waals surface area (Å²) in [5.74, 6) is -0.623. The van der Waals surface area contributed by atoms with E-state index < -0.39 is 11.6 Å². The van der Waals surface area contributed by atoms with Crippen LogP contribution < -0.4 is 0 Å². The fraction of sp³-hybridized carbons (Fsp3) is 0.100. The number of benzene rings is 1. The van der Waals surface area contributed by atoms with Gasteiger partial charge in [0.05, 0.1) is 3.57 Å². The van der Waals surface area contributed by atoms with Crippen LogP contribution in [0.4, 0.5) is 8.78 Å². The number of nitrogens with zero attached hydrogens (tertiary/aromatic N) is 1. The van der Waals surface area contributed by atoms with Gasteiger partial charge in [-0.05, 0) is 41.6 Å². The molecule has 2 aromatic rings. The molecule has 78 valence electrons. The number of halogens is 3. The van der Waals surface area contributed by atoms with Crippen molar-refractivity contribution in [2.45, 2.75) is 6.92 Å². The van der Waals surface area contributed by atoms with E-state index >= 15 is 0 Å². The van der Waals surface area contributed by atoms with Crippen LogP contribution in [0.3, 0.4) is 0 Å². The lowest BCUT2D eigenvalue weighted by molar-refractivity contribution is 0.398. The molecule has 0 aliphatic heterocycles. The molecule has 0 spiro atoms. The van der Waals surface area contributed by atoms with Gasteiger partial charge in [0.15, 0.2) is 0 Å². The van der Waals surface area contributed by atoms with Gasteiger partial charge in [-0.25, -0.2) is 8.78 Å². The molecule has 5 heteroatoms. The van der Waals surface area contributed by atoms with Gasteiger partial charge in [0.1, 0.15) is 23.1 Å². The van der Waals surface area contributed by atoms with Gasteiger partial charge in [-0.3, -0.25) is 0 Å². The van der Waals surface area contributed by atoms with E-state index in [9.17, 15) is 8.78 Å². The van der Waals surface area contributed by atoms with E-state index in [4.69, 9.17) is 4.52 Å². The van der Waals surface area contributed by atoms with Crippen molar-refractivity contribution in [2.24, 2.45) is 0 Å². The van der Waals surface area contributed by atoms with Crippen molar-refractivity contribution < 1.29 is 13.3 Å². The van der Waals surface area contributed by atoms with E-state index in [1.54, 1.807) is 6.92 Å². The summed E-state index contributed by atoms with van der Waals surface area (Å²) in [5.41, 5.74) is 0.656. The molecule has 0 N–H and O–H groups in total. The number of aromatic nitrogens is 1. The topological polar surface area (TPSA) is 26.0 Å². The summed E-state index contributed by atoms with van der Waals surface area (Å²) in [6.07, 6.45) is 0. The Morgan fingerprint density at radius 3 is 2.60 bits per heavy atom. The lowest BCUT2D eigenvalue weighted by Gasteiger charge is -1.98. The van der Waals surface area contributed by atoms with Crippen LogP contribution in [0.15, 0.2) is 22.7 Å². The van der Waals surface area contributed by atoms with E-state index in [1.165, 1.54) is 12.1 Å². The molecule has 0 aliphatic carbocycles. The van der Waals surface area contributed by atoms with E-state index in [0.717, 1.165) is 9.64 Å². The van der Waals surface area contributed by atoms with Gasteiger partial charge in [0.2, 0.25) is 0 Å². The van der Waals surface area contributed by atoms with Gasteiger partial charge < -0.3 is 4.52 Å². The largest absolute Gasteiger partial charge is 0.360 e. The van der Waals surface area contributed by atoms with Crippen molar-refractivity contribution in [3.8, 4) is 11.3 Å². The van der Waals surface area contributed by atoms with Crippen molar-refractivity contribution in [2.75, 3.05) is 0 Å². The molecule has 0 aliphatic rings. The number of hydrogen-bond donors (Lipinski definition) is 0. The molecule has 0 unspecified atom stereocenters. The third-order valence-corrected chi connectivity index (χ3v) is 3.25. The Morgan fingerprint density at radius 2 is 2.07 bits per heavy atom. The minimum absolute atomic E-state index is 0.248. The monoisotopic (exact) mass is 321 g/mol. The first-order valence-electron chi connectivity index (χ1n) is 4.17. The molecule has 2 nitrogen and oxygen atoms in total. The third kappa shape index (κ3) is 1.88. The number of aryl methyl sites for hydroxylation is 1. The van der Waals surface area contributed by atoms with Crippen LogP contribution >= 0.6 is 22.6 Å². The SMILES string of the molecule is Cc1onc(-c2ccc(F)cc2F)c1I. The minimum Gasteiger partial charge on any atom is -0.360 e. The first-order valence-corrected chi connectivity index (χ1v) is 5.24. The molecule has 0 bridgehead atoms. The molecule has 1 aromatic carbocycles. The summed E-state index contributed by atoms with van der Waals surface area (Å²) < 4.78 is 31.7. The van der Waals surface area contributed by atoms with Gasteiger partial charge in [-0.2, -0.15) is 0 Å². The number of rotatable bonds is 1. The van der Waals surface area contributed by atoms with Gasteiger partial charge in [0.25, 0.3) is 0 Å². The van der Waals surface area contributed by atoms with E-state index in [2.05, 4.69) is 5.16 Å². The Balaban J connectivity index is 2.59. The fourth-order valence-electron chi connectivity index (χ4n) is 1.21. The average Bonchev–Trinajstić information content (AvgIpc) is 2.49. The standard InChI is InChI=1S/C10H6F2INO/c1-5-9(13)10(14-15-5)7-3-2-6(11)4-8(7)12/h2-4H,1H3. The number of hydrogen-bond acceptors (Lipinski definition) is 2. The molecule has 0 fully saturated rings. The highest BCUT2D eigenvalue weighted by Crippen LogP contribution is 2.28. The normalized spacial score (nSPS) is 10.7. The zero-order valence-electron chi connectivity index (χ0n) is 7.72. The summed E-state index contributed by atoms with van der Waals surface area (Å²) in [6.45, 7) is 1.74. The van der Waals surface area contributed by atoms with Crippen molar-refractivity contribution in [3.05, 3.63) is 39.2 Å². The quantitative estimate of drug-likeness (QED) is 0.751. The van der Waals surface area contributed by atoms with Crippen LogP contribution in [0.2, 0.25) is 0 Å². The molecule has 1 heterocycles. The van der Waals surface area contributed by atoms with E-state index in [1.807, 2.05) is 22.6 Å². The van der Waals surface area contributed by atoms with Crippen molar-refractivity contribution in [1.82, 2.24) is 5.16 Å². The predicted molar refractivity (Wildman–Crippen MR) is 59.3 cm³/mol. The average molecular weight is 321 g/mol. The first kappa shape index (κ1) is 10.5. The van der Waals surface area contributed by atoms with Crippen LogP contribution in [0.5, 0.6) is 0 Å². The molecule has 0 saturated carbocycles. The maximum Gasteiger partial charge on any atom is 0.147 e. The highest BCUT2D eigenvalue weighted by atomic mass is 127. The van der Waals surface area contributed by atoms with Crippen molar-refractivity contribution >= 4 is 22.6 Å². The zero-order valence-corrected chi connectivity index (χ0v) is 9.88. The van der Waals surface area contributed by atoms with Crippen LogP contribution in [-0.2, 0) is 0 Å². The fourth-order valence-corrected chi connectivity index (χ4v) is 1.70. The predicted octanol–water partition coefficient (Wildman–Crippen LogP) is 3.53. The molecule has 2 rings (SSSR count). The van der Waals surface area contributed by atoms with Gasteiger partial charge in [-0.1, -0.05) is 5.16 Å². The molecule has 0 saturated heterocycles. The second kappa shape index (κ2) is 3.88. The molecule has 0 radical (unpaired) electrons. The molecule has 1 aromatic heterocycles. The summed E-state index contributed by atoms with van der Waals surface area (Å²) in [4.78, 5) is 0. The van der Waals surface area contributed by atoms with Crippen molar-refractivity contribution in [1.29, 1.82) is 0 Å². The Labute approximate surface area is 98.4 Å². The Hall–Kier alpha value is -0.980. The second-order valence-electron chi connectivity index (χ2n) is 3.03. The van der Waals surface area contributed by atoms with Gasteiger partial charge in [0, 0.05) is 11.6 Å². The van der Waals surface area contributed by atoms with Crippen LogP contribution in [0, 0.1) is 22.1 Å². The van der Waals surface area contributed by atoms with E-state index in [-0.39, 0.29) is 5.56 Å². The zero-order chi connectivity index (χ0) is 11.0. The molecule has 0 atom stereocenters. The Bertz CT molecular complexity index is 510. The second-order valence-corrected chi connectivity index (χ2v) is 4.10. The summed E-state index contributed by atoms with van der Waals surface area (Å²) in [5, 5.41) is 3.73. The van der Waals surface area contributed by atoms with Crippen LogP contribution in [0.1, 0.15) is 5.76 Å². The first-order chi connectivity index (χ1) is 7.09. The molecular formula is C10H6F2INO. The Morgan fingerprint density at radius 1 is 1.33 bits per heavy atom. The maximum atomic E-state index is 13.4. The summed E-state index contributed by atoms with van der Waals surface area (Å²) in [7, 11) is 0. The molecule has 0 amide bonds. The summed E-state index contributed by atoms with van der Waals surface area (Å²) in [6, 6.07) is 3.37. The molecule has 15 heavy (non-hydrogen) atoms. The molecular weight excluding hydrogens is 315 g/mol. The highest BCUT2D eigenvalue weighted by molar-refractivity contribution is 14.1.